The van der Waals surface area contributed by atoms with Gasteiger partial charge in [0.25, 0.3) is 0 Å². The highest BCUT2D eigenvalue weighted by atomic mass is 16.3. The van der Waals surface area contributed by atoms with Crippen LogP contribution < -0.4 is 5.32 Å². The molecule has 0 amide bonds. The molecule has 0 bridgehead atoms. The van der Waals surface area contributed by atoms with E-state index in [1.807, 2.05) is 20.0 Å². The summed E-state index contributed by atoms with van der Waals surface area (Å²) in [7, 11) is 2.00. The molecule has 0 fully saturated rings. The second-order valence-corrected chi connectivity index (χ2v) is 5.34. The van der Waals surface area contributed by atoms with E-state index in [1.54, 1.807) is 12.5 Å². The zero-order valence-corrected chi connectivity index (χ0v) is 11.2. The van der Waals surface area contributed by atoms with E-state index in [0.717, 1.165) is 12.1 Å². The highest BCUT2D eigenvalue weighted by molar-refractivity contribution is 5.04. The van der Waals surface area contributed by atoms with Gasteiger partial charge in [0.1, 0.15) is 0 Å². The van der Waals surface area contributed by atoms with Gasteiger partial charge in [-0.15, -0.1) is 0 Å². The number of likely N-dealkylation sites (N-methyl/N-ethyl adjacent to an activating group) is 1. The number of nitrogens with one attached hydrogen (secondary N) is 1. The van der Waals surface area contributed by atoms with E-state index in [-0.39, 0.29) is 0 Å². The Kier molecular flexibility index (Phi) is 5.18. The molecule has 1 unspecified atom stereocenters. The standard InChI is InChI=1S/C13H24N2O2/c1-11(2)14-9-13(3,16)10-15(4)7-12-5-6-17-8-12/h5-6,8,11,14,16H,7,9-10H2,1-4H3. The molecule has 98 valence electrons. The second-order valence-electron chi connectivity index (χ2n) is 5.34. The van der Waals surface area contributed by atoms with Gasteiger partial charge >= 0.3 is 0 Å². The summed E-state index contributed by atoms with van der Waals surface area (Å²) in [6.07, 6.45) is 3.40. The molecule has 1 atom stereocenters. The van der Waals surface area contributed by atoms with Gasteiger partial charge in [-0.1, -0.05) is 13.8 Å². The third kappa shape index (κ3) is 5.86. The number of furan rings is 1. The Labute approximate surface area is 104 Å². The lowest BCUT2D eigenvalue weighted by atomic mass is 10.1. The lowest BCUT2D eigenvalue weighted by Gasteiger charge is -2.30. The number of nitrogens with zero attached hydrogens (tertiary/aromatic N) is 1. The third-order valence-corrected chi connectivity index (χ3v) is 2.53. The van der Waals surface area contributed by atoms with Gasteiger partial charge in [0, 0.05) is 31.2 Å². The van der Waals surface area contributed by atoms with Crippen LogP contribution in [-0.4, -0.2) is 41.8 Å². The van der Waals surface area contributed by atoms with Gasteiger partial charge in [0.2, 0.25) is 0 Å². The minimum absolute atomic E-state index is 0.389. The molecule has 1 rings (SSSR count). The number of rotatable bonds is 7. The van der Waals surface area contributed by atoms with Gasteiger partial charge in [0.15, 0.2) is 0 Å². The first kappa shape index (κ1) is 14.2. The summed E-state index contributed by atoms with van der Waals surface area (Å²) in [6, 6.07) is 2.33. The van der Waals surface area contributed by atoms with Crippen LogP contribution in [0.4, 0.5) is 0 Å². The molecule has 4 nitrogen and oxygen atoms in total. The summed E-state index contributed by atoms with van der Waals surface area (Å²) < 4.78 is 5.02. The summed E-state index contributed by atoms with van der Waals surface area (Å²) in [5, 5.41) is 13.5. The summed E-state index contributed by atoms with van der Waals surface area (Å²) in [5.41, 5.74) is 0.406. The normalized spacial score (nSPS) is 15.5. The lowest BCUT2D eigenvalue weighted by molar-refractivity contribution is 0.0239. The number of hydrogen-bond donors (Lipinski definition) is 2. The van der Waals surface area contributed by atoms with Crippen molar-refractivity contribution in [1.29, 1.82) is 0 Å². The van der Waals surface area contributed by atoms with Crippen molar-refractivity contribution in [3.05, 3.63) is 24.2 Å². The van der Waals surface area contributed by atoms with Crippen molar-refractivity contribution in [3.8, 4) is 0 Å². The molecule has 1 aromatic rings. The van der Waals surface area contributed by atoms with Crippen molar-refractivity contribution >= 4 is 0 Å². The van der Waals surface area contributed by atoms with Crippen LogP contribution in [0.15, 0.2) is 23.0 Å². The van der Waals surface area contributed by atoms with Crippen molar-refractivity contribution < 1.29 is 9.52 Å². The molecule has 0 saturated heterocycles. The zero-order valence-electron chi connectivity index (χ0n) is 11.2. The quantitative estimate of drug-likeness (QED) is 0.757. The Morgan fingerprint density at radius 3 is 2.76 bits per heavy atom. The van der Waals surface area contributed by atoms with Crippen molar-refractivity contribution in [1.82, 2.24) is 10.2 Å². The smallest absolute Gasteiger partial charge is 0.0947 e. The monoisotopic (exact) mass is 240 g/mol. The van der Waals surface area contributed by atoms with Gasteiger partial charge in [-0.25, -0.2) is 0 Å². The van der Waals surface area contributed by atoms with Crippen molar-refractivity contribution in [2.75, 3.05) is 20.1 Å². The predicted molar refractivity (Wildman–Crippen MR) is 68.8 cm³/mol. The predicted octanol–water partition coefficient (Wildman–Crippen LogP) is 1.46. The van der Waals surface area contributed by atoms with E-state index >= 15 is 0 Å². The molecule has 0 aliphatic heterocycles. The largest absolute Gasteiger partial charge is 0.472 e. The Hall–Kier alpha value is -0.840. The zero-order chi connectivity index (χ0) is 12.9. The topological polar surface area (TPSA) is 48.6 Å². The molecule has 0 spiro atoms. The molecular weight excluding hydrogens is 216 g/mol. The molecular formula is C13H24N2O2. The number of hydrogen-bond acceptors (Lipinski definition) is 4. The number of aliphatic hydroxyl groups is 1. The van der Waals surface area contributed by atoms with Crippen molar-refractivity contribution in [2.24, 2.45) is 0 Å². The average Bonchev–Trinajstić information content (AvgIpc) is 2.66. The first-order valence-corrected chi connectivity index (χ1v) is 6.04. The fourth-order valence-corrected chi connectivity index (χ4v) is 1.81. The second kappa shape index (κ2) is 6.19. The summed E-state index contributed by atoms with van der Waals surface area (Å²) >= 11 is 0. The molecule has 4 heteroatoms. The maximum absolute atomic E-state index is 10.2. The Balaban J connectivity index is 2.35. The first-order valence-electron chi connectivity index (χ1n) is 6.04. The van der Waals surface area contributed by atoms with Crippen LogP contribution in [0.25, 0.3) is 0 Å². The van der Waals surface area contributed by atoms with Crippen LogP contribution in [0, 0.1) is 0 Å². The molecule has 0 aliphatic carbocycles. The third-order valence-electron chi connectivity index (χ3n) is 2.53. The Morgan fingerprint density at radius 1 is 1.53 bits per heavy atom. The van der Waals surface area contributed by atoms with E-state index in [0.29, 0.717) is 19.1 Å². The van der Waals surface area contributed by atoms with Crippen molar-refractivity contribution in [2.45, 2.75) is 39.0 Å². The van der Waals surface area contributed by atoms with E-state index in [9.17, 15) is 5.11 Å². The van der Waals surface area contributed by atoms with E-state index in [2.05, 4.69) is 24.1 Å². The molecule has 0 aromatic carbocycles. The minimum atomic E-state index is -0.719. The van der Waals surface area contributed by atoms with Gasteiger partial charge in [-0.05, 0) is 20.0 Å². The Morgan fingerprint density at radius 2 is 2.24 bits per heavy atom. The lowest BCUT2D eigenvalue weighted by Crippen LogP contribution is -2.47. The van der Waals surface area contributed by atoms with Gasteiger partial charge in [-0.2, -0.15) is 0 Å². The molecule has 0 aliphatic rings. The molecule has 0 radical (unpaired) electrons. The van der Waals surface area contributed by atoms with E-state index < -0.39 is 5.60 Å². The van der Waals surface area contributed by atoms with Crippen LogP contribution in [-0.2, 0) is 6.54 Å². The Bertz CT molecular complexity index is 307. The minimum Gasteiger partial charge on any atom is -0.472 e. The fourth-order valence-electron chi connectivity index (χ4n) is 1.81. The van der Waals surface area contributed by atoms with Gasteiger partial charge < -0.3 is 14.8 Å². The molecule has 1 heterocycles. The summed E-state index contributed by atoms with van der Waals surface area (Å²) in [6.45, 7) is 8.01. The molecule has 2 N–H and O–H groups in total. The highest BCUT2D eigenvalue weighted by Gasteiger charge is 2.22. The average molecular weight is 240 g/mol. The van der Waals surface area contributed by atoms with Crippen LogP contribution >= 0.6 is 0 Å². The van der Waals surface area contributed by atoms with E-state index in [4.69, 9.17) is 4.42 Å². The molecule has 0 saturated carbocycles. The maximum Gasteiger partial charge on any atom is 0.0947 e. The van der Waals surface area contributed by atoms with Crippen LogP contribution in [0.2, 0.25) is 0 Å². The first-order chi connectivity index (χ1) is 7.89. The maximum atomic E-state index is 10.2. The van der Waals surface area contributed by atoms with Crippen molar-refractivity contribution in [3.63, 3.8) is 0 Å². The molecule has 1 aromatic heterocycles. The summed E-state index contributed by atoms with van der Waals surface area (Å²) in [5.74, 6) is 0. The molecule has 17 heavy (non-hydrogen) atoms. The highest BCUT2D eigenvalue weighted by Crippen LogP contribution is 2.09. The van der Waals surface area contributed by atoms with Crippen LogP contribution in [0.1, 0.15) is 26.3 Å². The fraction of sp³-hybridized carbons (Fsp3) is 0.692. The summed E-state index contributed by atoms with van der Waals surface area (Å²) in [4.78, 5) is 2.09. The van der Waals surface area contributed by atoms with Crippen LogP contribution in [0.5, 0.6) is 0 Å². The van der Waals surface area contributed by atoms with Gasteiger partial charge in [0.05, 0.1) is 18.1 Å². The van der Waals surface area contributed by atoms with E-state index in [1.165, 1.54) is 0 Å². The SMILES string of the molecule is CC(C)NCC(C)(O)CN(C)Cc1ccoc1. The van der Waals surface area contributed by atoms with Gasteiger partial charge in [-0.3, -0.25) is 4.90 Å². The van der Waals surface area contributed by atoms with Crippen LogP contribution in [0.3, 0.4) is 0 Å².